The number of aromatic nitrogens is 1. The van der Waals surface area contributed by atoms with Crippen LogP contribution in [0.5, 0.6) is 0 Å². The summed E-state index contributed by atoms with van der Waals surface area (Å²) in [4.78, 5) is 4.60. The van der Waals surface area contributed by atoms with Crippen molar-refractivity contribution in [1.29, 1.82) is 0 Å². The van der Waals surface area contributed by atoms with Gasteiger partial charge in [-0.05, 0) is 52.9 Å². The highest BCUT2D eigenvalue weighted by Gasteiger charge is 2.21. The van der Waals surface area contributed by atoms with Gasteiger partial charge in [-0.3, -0.25) is 4.98 Å². The Hall–Kier alpha value is -1.16. The predicted octanol–water partition coefficient (Wildman–Crippen LogP) is 3.67. The van der Waals surface area contributed by atoms with Crippen LogP contribution in [0.25, 0.3) is 10.9 Å². The zero-order valence-corrected chi connectivity index (χ0v) is 11.1. The van der Waals surface area contributed by atoms with Crippen LogP contribution in [-0.4, -0.2) is 12.0 Å². The Bertz CT molecular complexity index is 610. The first-order chi connectivity index (χ1) is 8.22. The number of anilines is 1. The molecule has 2 nitrogen and oxygen atoms in total. The number of pyridine rings is 1. The van der Waals surface area contributed by atoms with Gasteiger partial charge in [0.25, 0.3) is 0 Å². The molecule has 0 saturated heterocycles. The lowest BCUT2D eigenvalue weighted by molar-refractivity contribution is 0.639. The van der Waals surface area contributed by atoms with E-state index in [1.807, 2.05) is 7.05 Å². The van der Waals surface area contributed by atoms with Gasteiger partial charge in [-0.15, -0.1) is 0 Å². The molecule has 1 aliphatic rings. The van der Waals surface area contributed by atoms with E-state index in [0.29, 0.717) is 5.39 Å². The van der Waals surface area contributed by atoms with Crippen molar-refractivity contribution in [3.05, 3.63) is 33.7 Å². The zero-order chi connectivity index (χ0) is 12.0. The van der Waals surface area contributed by atoms with Crippen LogP contribution in [0.15, 0.2) is 16.6 Å². The Morgan fingerprint density at radius 1 is 1.35 bits per heavy atom. The molecular weight excluding hydrogens is 283 g/mol. The van der Waals surface area contributed by atoms with Crippen LogP contribution in [0.1, 0.15) is 17.7 Å². The maximum atomic E-state index is 14.0. The number of hydrogen-bond donors (Lipinski definition) is 1. The molecule has 2 aromatic rings. The molecule has 3 rings (SSSR count). The lowest BCUT2D eigenvalue weighted by atomic mass is 10.1. The van der Waals surface area contributed by atoms with Gasteiger partial charge in [-0.25, -0.2) is 4.39 Å². The number of aryl methyl sites for hydroxylation is 1. The maximum Gasteiger partial charge on any atom is 0.134 e. The molecule has 0 aliphatic heterocycles. The van der Waals surface area contributed by atoms with Crippen molar-refractivity contribution in [3.8, 4) is 0 Å². The molecule has 0 spiro atoms. The minimum Gasteiger partial charge on any atom is -0.387 e. The molecule has 17 heavy (non-hydrogen) atoms. The minimum atomic E-state index is -0.213. The van der Waals surface area contributed by atoms with E-state index in [0.717, 1.165) is 40.6 Å². The molecule has 1 aromatic heterocycles. The fourth-order valence-corrected chi connectivity index (χ4v) is 2.99. The van der Waals surface area contributed by atoms with Gasteiger partial charge >= 0.3 is 0 Å². The van der Waals surface area contributed by atoms with Crippen LogP contribution < -0.4 is 5.32 Å². The molecule has 88 valence electrons. The largest absolute Gasteiger partial charge is 0.387 e. The van der Waals surface area contributed by atoms with Gasteiger partial charge < -0.3 is 5.32 Å². The minimum absolute atomic E-state index is 0.213. The van der Waals surface area contributed by atoms with Gasteiger partial charge in [0.2, 0.25) is 0 Å². The monoisotopic (exact) mass is 294 g/mol. The van der Waals surface area contributed by atoms with Gasteiger partial charge in [-0.2, -0.15) is 0 Å². The Balaban J connectivity index is 2.49. The smallest absolute Gasteiger partial charge is 0.134 e. The third kappa shape index (κ3) is 1.54. The topological polar surface area (TPSA) is 24.9 Å². The molecule has 1 N–H and O–H groups in total. The van der Waals surface area contributed by atoms with E-state index in [2.05, 4.69) is 26.2 Å². The first-order valence-corrected chi connectivity index (χ1v) is 6.49. The molecule has 1 aliphatic carbocycles. The van der Waals surface area contributed by atoms with Crippen LogP contribution >= 0.6 is 15.9 Å². The van der Waals surface area contributed by atoms with Crippen molar-refractivity contribution >= 4 is 32.5 Å². The number of fused-ring (bicyclic) bond motifs is 2. The van der Waals surface area contributed by atoms with Crippen molar-refractivity contribution in [2.75, 3.05) is 12.4 Å². The van der Waals surface area contributed by atoms with Crippen molar-refractivity contribution in [2.24, 2.45) is 0 Å². The van der Waals surface area contributed by atoms with Crippen LogP contribution in [0.2, 0.25) is 0 Å². The molecule has 0 atom stereocenters. The second kappa shape index (κ2) is 3.95. The lowest BCUT2D eigenvalue weighted by Crippen LogP contribution is -2.01. The van der Waals surface area contributed by atoms with E-state index < -0.39 is 0 Å². The number of nitrogens with zero attached hydrogens (tertiary/aromatic N) is 1. The van der Waals surface area contributed by atoms with Crippen molar-refractivity contribution in [1.82, 2.24) is 4.98 Å². The Morgan fingerprint density at radius 2 is 2.18 bits per heavy atom. The second-order valence-electron chi connectivity index (χ2n) is 4.27. The maximum absolute atomic E-state index is 14.0. The van der Waals surface area contributed by atoms with E-state index in [1.54, 1.807) is 6.07 Å². The number of hydrogen-bond acceptors (Lipinski definition) is 2. The Morgan fingerprint density at radius 3 is 2.94 bits per heavy atom. The first-order valence-electron chi connectivity index (χ1n) is 5.69. The average molecular weight is 295 g/mol. The summed E-state index contributed by atoms with van der Waals surface area (Å²) in [6.45, 7) is 0. The van der Waals surface area contributed by atoms with Crippen LogP contribution in [-0.2, 0) is 12.8 Å². The number of rotatable bonds is 1. The molecule has 0 bridgehead atoms. The summed E-state index contributed by atoms with van der Waals surface area (Å²) in [6.07, 6.45) is 3.08. The van der Waals surface area contributed by atoms with Crippen LogP contribution in [0, 0.1) is 5.82 Å². The normalized spacial score (nSPS) is 14.1. The number of benzene rings is 1. The highest BCUT2D eigenvalue weighted by atomic mass is 79.9. The molecule has 0 fully saturated rings. The van der Waals surface area contributed by atoms with Gasteiger partial charge in [-0.1, -0.05) is 0 Å². The molecule has 1 heterocycles. The van der Waals surface area contributed by atoms with Crippen molar-refractivity contribution in [2.45, 2.75) is 19.3 Å². The molecule has 0 saturated carbocycles. The van der Waals surface area contributed by atoms with E-state index in [1.165, 1.54) is 11.6 Å². The molecule has 0 unspecified atom stereocenters. The summed E-state index contributed by atoms with van der Waals surface area (Å²) >= 11 is 3.45. The zero-order valence-electron chi connectivity index (χ0n) is 9.48. The number of halogens is 2. The van der Waals surface area contributed by atoms with Crippen molar-refractivity contribution < 1.29 is 4.39 Å². The quantitative estimate of drug-likeness (QED) is 0.868. The van der Waals surface area contributed by atoms with E-state index in [-0.39, 0.29) is 5.82 Å². The predicted molar refractivity (Wildman–Crippen MR) is 71.0 cm³/mol. The van der Waals surface area contributed by atoms with Crippen molar-refractivity contribution in [3.63, 3.8) is 0 Å². The average Bonchev–Trinajstić information content (AvgIpc) is 2.79. The fraction of sp³-hybridized carbons (Fsp3) is 0.308. The Labute approximate surface area is 107 Å². The first kappa shape index (κ1) is 11.0. The van der Waals surface area contributed by atoms with E-state index in [4.69, 9.17) is 0 Å². The van der Waals surface area contributed by atoms with Gasteiger partial charge in [0.05, 0.1) is 16.6 Å². The van der Waals surface area contributed by atoms with Crippen LogP contribution in [0.4, 0.5) is 10.1 Å². The molecule has 1 aromatic carbocycles. The summed E-state index contributed by atoms with van der Waals surface area (Å²) in [5.41, 5.74) is 3.90. The lowest BCUT2D eigenvalue weighted by Gasteiger charge is -2.13. The van der Waals surface area contributed by atoms with Gasteiger partial charge in [0.1, 0.15) is 5.82 Å². The summed E-state index contributed by atoms with van der Waals surface area (Å²) in [5.74, 6) is -0.213. The molecule has 0 radical (unpaired) electrons. The van der Waals surface area contributed by atoms with E-state index in [9.17, 15) is 4.39 Å². The molecular formula is C13H12BrFN2. The molecule has 4 heteroatoms. The highest BCUT2D eigenvalue weighted by Crippen LogP contribution is 2.37. The summed E-state index contributed by atoms with van der Waals surface area (Å²) in [5, 5.41) is 3.74. The Kier molecular flexibility index (Phi) is 2.54. The standard InChI is InChI=1S/C13H12BrFN2/c1-16-12-7-3-2-4-10(7)17-13-8(14)5-6-9(15)11(12)13/h5-6H,2-4H2,1H3,(H,16,17). The highest BCUT2D eigenvalue weighted by molar-refractivity contribution is 9.10. The van der Waals surface area contributed by atoms with Crippen LogP contribution in [0.3, 0.4) is 0 Å². The third-order valence-electron chi connectivity index (χ3n) is 3.32. The fourth-order valence-electron chi connectivity index (χ4n) is 2.57. The van der Waals surface area contributed by atoms with Gasteiger partial charge in [0.15, 0.2) is 0 Å². The summed E-state index contributed by atoms with van der Waals surface area (Å²) in [6, 6.07) is 3.20. The summed E-state index contributed by atoms with van der Waals surface area (Å²) in [7, 11) is 1.84. The molecule has 0 amide bonds. The van der Waals surface area contributed by atoms with Gasteiger partial charge in [0, 0.05) is 17.2 Å². The third-order valence-corrected chi connectivity index (χ3v) is 3.95. The SMILES string of the molecule is CNc1c2c(nc3c(Br)ccc(F)c13)CCC2. The number of nitrogens with one attached hydrogen (secondary N) is 1. The van der Waals surface area contributed by atoms with E-state index >= 15 is 0 Å². The second-order valence-corrected chi connectivity index (χ2v) is 5.12. The summed E-state index contributed by atoms with van der Waals surface area (Å²) < 4.78 is 14.8.